The third kappa shape index (κ3) is 5.80. The Kier molecular flexibility index (Phi) is 7.76. The van der Waals surface area contributed by atoms with Gasteiger partial charge in [0.1, 0.15) is 0 Å². The second kappa shape index (κ2) is 8.93. The van der Waals surface area contributed by atoms with Gasteiger partial charge in [-0.05, 0) is 31.7 Å². The van der Waals surface area contributed by atoms with Crippen LogP contribution in [0.4, 0.5) is 0 Å². The molecule has 96 valence electrons. The van der Waals surface area contributed by atoms with Crippen molar-refractivity contribution in [1.82, 2.24) is 4.90 Å². The smallest absolute Gasteiger partial charge is 0.0594 e. The number of hydrogen-bond acceptors (Lipinski definition) is 4. The Labute approximate surface area is 98.5 Å². The topological polar surface area (TPSA) is 41.9 Å². The molecule has 0 amide bonds. The lowest BCUT2D eigenvalue weighted by molar-refractivity contribution is 0.0359. The first-order valence-electron chi connectivity index (χ1n) is 6.26. The van der Waals surface area contributed by atoms with Crippen molar-refractivity contribution in [3.63, 3.8) is 0 Å². The molecule has 4 nitrogen and oxygen atoms in total. The maximum absolute atomic E-state index is 9.20. The highest BCUT2D eigenvalue weighted by molar-refractivity contribution is 4.64. The summed E-state index contributed by atoms with van der Waals surface area (Å²) in [5.41, 5.74) is 0. The highest BCUT2D eigenvalue weighted by atomic mass is 16.5. The van der Waals surface area contributed by atoms with Gasteiger partial charge in [-0.3, -0.25) is 4.90 Å². The lowest BCUT2D eigenvalue weighted by atomic mass is 10.0. The van der Waals surface area contributed by atoms with Crippen LogP contribution in [0.25, 0.3) is 0 Å². The molecular weight excluding hydrogens is 206 g/mol. The second-order valence-electron chi connectivity index (χ2n) is 4.43. The molecule has 0 bridgehead atoms. The van der Waals surface area contributed by atoms with E-state index in [9.17, 15) is 5.11 Å². The molecule has 0 spiro atoms. The Hall–Kier alpha value is -0.160. The van der Waals surface area contributed by atoms with Gasteiger partial charge >= 0.3 is 0 Å². The third-order valence-corrected chi connectivity index (χ3v) is 3.18. The maximum atomic E-state index is 9.20. The summed E-state index contributed by atoms with van der Waals surface area (Å²) in [6.45, 7) is 6.02. The fraction of sp³-hybridized carbons (Fsp3) is 1.00. The van der Waals surface area contributed by atoms with Gasteiger partial charge in [0.05, 0.1) is 13.2 Å². The molecule has 1 aliphatic rings. The standard InChI is InChI=1S/C12H25NO3/c1-15-8-4-12(11-14)3-2-5-13-6-9-16-10-7-13/h12,14H,2-11H2,1H3/t12-/m0/s1. The molecule has 1 N–H and O–H groups in total. The number of aliphatic hydroxyl groups is 1. The first-order chi connectivity index (χ1) is 7.86. The summed E-state index contributed by atoms with van der Waals surface area (Å²) in [5, 5.41) is 9.20. The average Bonchev–Trinajstić information content (AvgIpc) is 2.35. The Morgan fingerprint density at radius 3 is 2.69 bits per heavy atom. The van der Waals surface area contributed by atoms with Crippen LogP contribution >= 0.6 is 0 Å². The molecule has 4 heteroatoms. The molecular formula is C12H25NO3. The molecule has 1 fully saturated rings. The lowest BCUT2D eigenvalue weighted by Crippen LogP contribution is -2.37. The van der Waals surface area contributed by atoms with Gasteiger partial charge in [0, 0.05) is 33.4 Å². The molecule has 0 aromatic carbocycles. The zero-order valence-corrected chi connectivity index (χ0v) is 10.4. The van der Waals surface area contributed by atoms with Crippen molar-refractivity contribution in [2.45, 2.75) is 19.3 Å². The maximum Gasteiger partial charge on any atom is 0.0594 e. The van der Waals surface area contributed by atoms with Crippen LogP contribution in [0.5, 0.6) is 0 Å². The quantitative estimate of drug-likeness (QED) is 0.669. The van der Waals surface area contributed by atoms with E-state index < -0.39 is 0 Å². The minimum absolute atomic E-state index is 0.284. The van der Waals surface area contributed by atoms with E-state index in [1.165, 1.54) is 0 Å². The fourth-order valence-corrected chi connectivity index (χ4v) is 2.04. The molecule has 0 aromatic rings. The predicted octanol–water partition coefficient (Wildman–Crippen LogP) is 0.744. The van der Waals surface area contributed by atoms with Gasteiger partial charge in [-0.1, -0.05) is 0 Å². The number of hydrogen-bond donors (Lipinski definition) is 1. The van der Waals surface area contributed by atoms with Crippen LogP contribution in [0.2, 0.25) is 0 Å². The van der Waals surface area contributed by atoms with Crippen molar-refractivity contribution < 1.29 is 14.6 Å². The van der Waals surface area contributed by atoms with Gasteiger partial charge in [-0.25, -0.2) is 0 Å². The van der Waals surface area contributed by atoms with E-state index in [-0.39, 0.29) is 6.61 Å². The number of rotatable bonds is 8. The van der Waals surface area contributed by atoms with E-state index in [0.29, 0.717) is 5.92 Å². The van der Waals surface area contributed by atoms with Gasteiger partial charge in [0.25, 0.3) is 0 Å². The summed E-state index contributed by atoms with van der Waals surface area (Å²) in [6.07, 6.45) is 3.22. The third-order valence-electron chi connectivity index (χ3n) is 3.18. The highest BCUT2D eigenvalue weighted by Crippen LogP contribution is 2.11. The summed E-state index contributed by atoms with van der Waals surface area (Å²) in [7, 11) is 1.71. The molecule has 0 unspecified atom stereocenters. The molecule has 1 aliphatic heterocycles. The molecule has 0 radical (unpaired) electrons. The Morgan fingerprint density at radius 1 is 1.31 bits per heavy atom. The second-order valence-corrected chi connectivity index (χ2v) is 4.43. The number of ether oxygens (including phenoxy) is 2. The Bertz CT molecular complexity index is 160. The number of aliphatic hydroxyl groups excluding tert-OH is 1. The zero-order valence-electron chi connectivity index (χ0n) is 10.4. The molecule has 1 atom stereocenters. The molecule has 0 saturated carbocycles. The molecule has 0 aromatic heterocycles. The molecule has 1 rings (SSSR count). The summed E-state index contributed by atoms with van der Waals surface area (Å²) in [4.78, 5) is 2.44. The van der Waals surface area contributed by atoms with Crippen LogP contribution in [-0.2, 0) is 9.47 Å². The largest absolute Gasteiger partial charge is 0.396 e. The summed E-state index contributed by atoms with van der Waals surface area (Å²) in [5.74, 6) is 0.404. The predicted molar refractivity (Wildman–Crippen MR) is 63.6 cm³/mol. The Morgan fingerprint density at radius 2 is 2.06 bits per heavy atom. The van der Waals surface area contributed by atoms with Crippen molar-refractivity contribution in [1.29, 1.82) is 0 Å². The molecule has 0 aliphatic carbocycles. The van der Waals surface area contributed by atoms with Crippen molar-refractivity contribution in [3.05, 3.63) is 0 Å². The summed E-state index contributed by atoms with van der Waals surface area (Å²) < 4.78 is 10.3. The van der Waals surface area contributed by atoms with Gasteiger partial charge < -0.3 is 14.6 Å². The summed E-state index contributed by atoms with van der Waals surface area (Å²) in [6, 6.07) is 0. The molecule has 16 heavy (non-hydrogen) atoms. The van der Waals surface area contributed by atoms with E-state index in [1.54, 1.807) is 7.11 Å². The SMILES string of the molecule is COCC[C@@H](CO)CCCN1CCOCC1. The minimum Gasteiger partial charge on any atom is -0.396 e. The van der Waals surface area contributed by atoms with Gasteiger partial charge in [0.15, 0.2) is 0 Å². The normalized spacial score (nSPS) is 19.9. The first-order valence-corrected chi connectivity index (χ1v) is 6.26. The van der Waals surface area contributed by atoms with Gasteiger partial charge in [-0.15, -0.1) is 0 Å². The van der Waals surface area contributed by atoms with E-state index >= 15 is 0 Å². The lowest BCUT2D eigenvalue weighted by Gasteiger charge is -2.27. The Balaban J connectivity index is 2.02. The zero-order chi connectivity index (χ0) is 11.6. The first kappa shape index (κ1) is 13.9. The monoisotopic (exact) mass is 231 g/mol. The van der Waals surface area contributed by atoms with Gasteiger partial charge in [0.2, 0.25) is 0 Å². The van der Waals surface area contributed by atoms with E-state index in [1.807, 2.05) is 0 Å². The number of methoxy groups -OCH3 is 1. The summed E-state index contributed by atoms with van der Waals surface area (Å²) >= 11 is 0. The molecule has 1 heterocycles. The fourth-order valence-electron chi connectivity index (χ4n) is 2.04. The highest BCUT2D eigenvalue weighted by Gasteiger charge is 2.11. The van der Waals surface area contributed by atoms with Gasteiger partial charge in [-0.2, -0.15) is 0 Å². The van der Waals surface area contributed by atoms with Crippen molar-refractivity contribution in [3.8, 4) is 0 Å². The average molecular weight is 231 g/mol. The van der Waals surface area contributed by atoms with E-state index in [2.05, 4.69) is 4.90 Å². The number of morpholine rings is 1. The van der Waals surface area contributed by atoms with Crippen molar-refractivity contribution in [2.75, 3.05) is 53.2 Å². The van der Waals surface area contributed by atoms with Crippen LogP contribution in [-0.4, -0.2) is 63.2 Å². The van der Waals surface area contributed by atoms with Crippen molar-refractivity contribution in [2.24, 2.45) is 5.92 Å². The van der Waals surface area contributed by atoms with Crippen LogP contribution in [0.15, 0.2) is 0 Å². The van der Waals surface area contributed by atoms with Crippen LogP contribution < -0.4 is 0 Å². The minimum atomic E-state index is 0.284. The molecule has 1 saturated heterocycles. The van der Waals surface area contributed by atoms with Crippen LogP contribution in [0.1, 0.15) is 19.3 Å². The number of nitrogens with zero attached hydrogens (tertiary/aromatic N) is 1. The van der Waals surface area contributed by atoms with E-state index in [4.69, 9.17) is 9.47 Å². The van der Waals surface area contributed by atoms with E-state index in [0.717, 1.165) is 58.7 Å². The van der Waals surface area contributed by atoms with Crippen LogP contribution in [0, 0.1) is 5.92 Å². The van der Waals surface area contributed by atoms with Crippen LogP contribution in [0.3, 0.4) is 0 Å². The van der Waals surface area contributed by atoms with Crippen molar-refractivity contribution >= 4 is 0 Å².